The van der Waals surface area contributed by atoms with Gasteiger partial charge in [0.15, 0.2) is 23.2 Å². The molecular weight excluding hydrogens is 541 g/mol. The van der Waals surface area contributed by atoms with E-state index in [-0.39, 0.29) is 23.0 Å². The van der Waals surface area contributed by atoms with Crippen LogP contribution in [0.2, 0.25) is 0 Å². The number of piperazine rings is 1. The lowest BCUT2D eigenvalue weighted by atomic mass is 10.2. The summed E-state index contributed by atoms with van der Waals surface area (Å²) in [7, 11) is 1.70. The number of ether oxygens (including phenoxy) is 1. The summed E-state index contributed by atoms with van der Waals surface area (Å²) in [5, 5.41) is 10.3. The summed E-state index contributed by atoms with van der Waals surface area (Å²) >= 11 is 0. The molecule has 0 unspecified atom stereocenters. The smallest absolute Gasteiger partial charge is 0.246 e. The van der Waals surface area contributed by atoms with Gasteiger partial charge in [0.05, 0.1) is 11.7 Å². The number of halogens is 3. The number of anilines is 3. The van der Waals surface area contributed by atoms with E-state index in [0.717, 1.165) is 6.07 Å². The van der Waals surface area contributed by atoms with Crippen LogP contribution in [0.5, 0.6) is 11.5 Å². The van der Waals surface area contributed by atoms with Crippen molar-refractivity contribution in [2.24, 2.45) is 7.05 Å². The van der Waals surface area contributed by atoms with Crippen LogP contribution in [0.3, 0.4) is 0 Å². The molecule has 0 aliphatic carbocycles. The number of rotatable bonds is 6. The van der Waals surface area contributed by atoms with Gasteiger partial charge in [0.25, 0.3) is 0 Å². The monoisotopic (exact) mass is 562 g/mol. The van der Waals surface area contributed by atoms with Gasteiger partial charge in [-0.15, -0.1) is 5.10 Å². The first-order valence-electron chi connectivity index (χ1n) is 12.4. The van der Waals surface area contributed by atoms with Crippen LogP contribution in [0.4, 0.5) is 30.6 Å². The van der Waals surface area contributed by atoms with Crippen LogP contribution in [0.1, 0.15) is 0 Å². The molecular formula is C26H21F3N10O2. The number of carbonyl (C=O) groups excluding carboxylic acids is 1. The minimum absolute atomic E-state index is 0.0573. The van der Waals surface area contributed by atoms with Gasteiger partial charge in [-0.05, 0) is 18.2 Å². The van der Waals surface area contributed by atoms with E-state index < -0.39 is 28.9 Å². The minimum Gasteiger partial charge on any atom is -0.454 e. The first kappa shape index (κ1) is 25.9. The lowest BCUT2D eigenvalue weighted by molar-refractivity contribution is -0.126. The fourth-order valence-electron chi connectivity index (χ4n) is 4.44. The van der Waals surface area contributed by atoms with Crippen molar-refractivity contribution in [2.75, 3.05) is 36.4 Å². The van der Waals surface area contributed by atoms with Gasteiger partial charge in [-0.1, -0.05) is 11.8 Å². The number of benzene rings is 2. The summed E-state index contributed by atoms with van der Waals surface area (Å²) in [6.07, 6.45) is 3.87. The Morgan fingerprint density at radius 1 is 1.05 bits per heavy atom. The Hall–Kier alpha value is -5.34. The van der Waals surface area contributed by atoms with Crippen LogP contribution >= 0.6 is 0 Å². The maximum atomic E-state index is 15.2. The van der Waals surface area contributed by atoms with Crippen LogP contribution in [0.25, 0.3) is 22.1 Å². The van der Waals surface area contributed by atoms with Crippen LogP contribution in [0, 0.1) is 17.5 Å². The van der Waals surface area contributed by atoms with Gasteiger partial charge in [0, 0.05) is 45.4 Å². The maximum absolute atomic E-state index is 15.2. The molecule has 1 fully saturated rings. The summed E-state index contributed by atoms with van der Waals surface area (Å²) in [5.74, 6) is -4.47. The zero-order valence-corrected chi connectivity index (χ0v) is 21.6. The zero-order valence-electron chi connectivity index (χ0n) is 21.6. The molecule has 41 heavy (non-hydrogen) atoms. The van der Waals surface area contributed by atoms with Crippen molar-refractivity contribution in [1.29, 1.82) is 0 Å². The predicted molar refractivity (Wildman–Crippen MR) is 142 cm³/mol. The number of nitrogens with zero attached hydrogens (tertiary/aromatic N) is 9. The number of hydrogen-bond acceptors (Lipinski definition) is 10. The third kappa shape index (κ3) is 4.81. The first-order chi connectivity index (χ1) is 19.8. The van der Waals surface area contributed by atoms with Crippen LogP contribution in [0.15, 0.2) is 49.4 Å². The van der Waals surface area contributed by atoms with Gasteiger partial charge in [-0.2, -0.15) is 4.39 Å². The normalized spacial score (nSPS) is 13.6. The Bertz CT molecular complexity index is 1820. The molecule has 0 radical (unpaired) electrons. The minimum atomic E-state index is -1.51. The number of aryl methyl sites for hydroxylation is 1. The average Bonchev–Trinajstić information content (AvgIpc) is 3.37. The second kappa shape index (κ2) is 10.3. The summed E-state index contributed by atoms with van der Waals surface area (Å²) in [6, 6.07) is 5.36. The molecule has 208 valence electrons. The number of carbonyl (C=O) groups is 1. The molecule has 0 saturated carbocycles. The van der Waals surface area contributed by atoms with Crippen LogP contribution < -0.4 is 15.0 Å². The second-order valence-electron chi connectivity index (χ2n) is 9.09. The van der Waals surface area contributed by atoms with E-state index in [2.05, 4.69) is 42.1 Å². The van der Waals surface area contributed by atoms with E-state index in [1.165, 1.54) is 35.4 Å². The Labute approximate surface area is 230 Å². The third-order valence-electron chi connectivity index (χ3n) is 6.59. The Kier molecular flexibility index (Phi) is 6.53. The molecule has 2 aromatic carbocycles. The Balaban J connectivity index is 1.27. The highest BCUT2D eigenvalue weighted by atomic mass is 19.2. The molecule has 1 amide bonds. The number of amides is 1. The lowest BCUT2D eigenvalue weighted by Gasteiger charge is -2.34. The van der Waals surface area contributed by atoms with E-state index in [9.17, 15) is 4.79 Å². The highest BCUT2D eigenvalue weighted by Crippen LogP contribution is 2.35. The summed E-state index contributed by atoms with van der Waals surface area (Å²) < 4.78 is 52.3. The van der Waals surface area contributed by atoms with Gasteiger partial charge in [0.1, 0.15) is 34.3 Å². The highest BCUT2D eigenvalue weighted by molar-refractivity contribution is 5.88. The van der Waals surface area contributed by atoms with Crippen molar-refractivity contribution in [3.05, 3.63) is 66.9 Å². The quantitative estimate of drug-likeness (QED) is 0.243. The van der Waals surface area contributed by atoms with Gasteiger partial charge in [-0.3, -0.25) is 4.79 Å². The number of nitrogens with one attached hydrogen (secondary N) is 1. The topological polar surface area (TPSA) is 127 Å². The largest absolute Gasteiger partial charge is 0.454 e. The molecule has 1 aliphatic rings. The van der Waals surface area contributed by atoms with Crippen molar-refractivity contribution >= 4 is 45.4 Å². The molecule has 3 aromatic heterocycles. The van der Waals surface area contributed by atoms with E-state index in [1.54, 1.807) is 18.0 Å². The molecule has 1 N–H and O–H groups in total. The molecule has 1 aliphatic heterocycles. The van der Waals surface area contributed by atoms with Crippen molar-refractivity contribution in [3.8, 4) is 11.5 Å². The maximum Gasteiger partial charge on any atom is 0.246 e. The number of hydrogen-bond donors (Lipinski definition) is 1. The van der Waals surface area contributed by atoms with Crippen LogP contribution in [-0.2, 0) is 11.8 Å². The molecule has 5 aromatic rings. The fourth-order valence-corrected chi connectivity index (χ4v) is 4.44. The Morgan fingerprint density at radius 2 is 1.85 bits per heavy atom. The lowest BCUT2D eigenvalue weighted by Crippen LogP contribution is -2.48. The fraction of sp³-hybridized carbons (Fsp3) is 0.192. The van der Waals surface area contributed by atoms with Crippen molar-refractivity contribution in [2.45, 2.75) is 0 Å². The summed E-state index contributed by atoms with van der Waals surface area (Å²) in [4.78, 5) is 32.4. The summed E-state index contributed by atoms with van der Waals surface area (Å²) in [5.41, 5.74) is 0.847. The third-order valence-corrected chi connectivity index (χ3v) is 6.59. The molecule has 0 atom stereocenters. The SMILES string of the molecule is C=CC(=O)N1CCN(c2ncc3ncnc(Nc4c(F)cc(Oc5ccc6c(c5)nnn6C)c(F)c4F)c3n2)CC1. The van der Waals surface area contributed by atoms with Crippen LogP contribution in [-0.4, -0.2) is 71.9 Å². The van der Waals surface area contributed by atoms with Gasteiger partial charge in [0.2, 0.25) is 17.7 Å². The summed E-state index contributed by atoms with van der Waals surface area (Å²) in [6.45, 7) is 5.31. The van der Waals surface area contributed by atoms with E-state index in [1.807, 2.05) is 4.90 Å². The highest BCUT2D eigenvalue weighted by Gasteiger charge is 2.24. The Morgan fingerprint density at radius 3 is 2.63 bits per heavy atom. The van der Waals surface area contributed by atoms with Gasteiger partial charge >= 0.3 is 0 Å². The van der Waals surface area contributed by atoms with E-state index >= 15 is 13.2 Å². The molecule has 1 saturated heterocycles. The van der Waals surface area contributed by atoms with Gasteiger partial charge in [-0.25, -0.2) is 33.4 Å². The molecule has 0 bridgehead atoms. The predicted octanol–water partition coefficient (Wildman–Crippen LogP) is 3.49. The average molecular weight is 563 g/mol. The van der Waals surface area contributed by atoms with Gasteiger partial charge < -0.3 is 19.9 Å². The number of fused-ring (bicyclic) bond motifs is 2. The molecule has 6 rings (SSSR count). The second-order valence-corrected chi connectivity index (χ2v) is 9.09. The number of aromatic nitrogens is 7. The van der Waals surface area contributed by atoms with Crippen molar-refractivity contribution < 1.29 is 22.7 Å². The van der Waals surface area contributed by atoms with Crippen molar-refractivity contribution in [3.63, 3.8) is 0 Å². The first-order valence-corrected chi connectivity index (χ1v) is 12.4. The van der Waals surface area contributed by atoms with E-state index in [0.29, 0.717) is 48.7 Å². The van der Waals surface area contributed by atoms with Crippen molar-refractivity contribution in [1.82, 2.24) is 39.8 Å². The molecule has 15 heteroatoms. The molecule has 0 spiro atoms. The zero-order chi connectivity index (χ0) is 28.7. The van der Waals surface area contributed by atoms with E-state index in [4.69, 9.17) is 4.74 Å². The molecule has 4 heterocycles. The standard InChI is InChI=1S/C26H21F3N10O2/c1-3-20(40)38-6-8-39(9-7-38)26-30-12-17-24(34-26)25(32-13-31-17)33-23-15(27)11-19(21(28)22(23)29)41-14-4-5-18-16(10-14)35-36-37(18)2/h3-5,10-13H,1,6-9H2,2H3,(H,31,32,33). The molecule has 12 nitrogen and oxygen atoms in total.